The molecule has 196 valence electrons. The smallest absolute Gasteiger partial charge is 0.229 e. The van der Waals surface area contributed by atoms with Gasteiger partial charge in [-0.1, -0.05) is 0 Å². The molecule has 0 bridgehead atoms. The molecule has 1 aliphatic rings. The number of halogens is 1. The molecule has 0 unspecified atom stereocenters. The molecule has 0 aliphatic heterocycles. The quantitative estimate of drug-likeness (QED) is 0.219. The Morgan fingerprint density at radius 3 is 2.46 bits per heavy atom. The molecule has 1 saturated carbocycles. The van der Waals surface area contributed by atoms with E-state index >= 15 is 0 Å². The number of aromatic nitrogens is 5. The van der Waals surface area contributed by atoms with Crippen LogP contribution in [-0.4, -0.2) is 59.1 Å². The fourth-order valence-electron chi connectivity index (χ4n) is 4.73. The van der Waals surface area contributed by atoms with E-state index in [1.807, 2.05) is 44.4 Å². The van der Waals surface area contributed by atoms with Gasteiger partial charge in [0, 0.05) is 35.3 Å². The first-order valence-corrected chi connectivity index (χ1v) is 12.6. The van der Waals surface area contributed by atoms with E-state index in [-0.39, 0.29) is 12.4 Å². The van der Waals surface area contributed by atoms with Crippen LogP contribution in [0, 0.1) is 19.8 Å². The van der Waals surface area contributed by atoms with E-state index in [0.717, 1.165) is 32.3 Å². The van der Waals surface area contributed by atoms with Crippen molar-refractivity contribution in [3.63, 3.8) is 0 Å². The molecule has 4 heterocycles. The van der Waals surface area contributed by atoms with Gasteiger partial charge >= 0.3 is 0 Å². The molecular weight excluding hydrogens is 514 g/mol. The van der Waals surface area contributed by atoms with Crippen molar-refractivity contribution < 1.29 is 32.7 Å². The normalized spacial score (nSPS) is 21.6. The van der Waals surface area contributed by atoms with Crippen LogP contribution in [0.15, 0.2) is 36.8 Å². The summed E-state index contributed by atoms with van der Waals surface area (Å²) in [5.74, 6) is 0.354. The third-order valence-electron chi connectivity index (χ3n) is 6.50. The van der Waals surface area contributed by atoms with Crippen LogP contribution in [0.1, 0.15) is 31.7 Å². The minimum Gasteiger partial charge on any atom is -1.00 e. The minimum absolute atomic E-state index is 0. The summed E-state index contributed by atoms with van der Waals surface area (Å²) in [7, 11) is 0. The summed E-state index contributed by atoms with van der Waals surface area (Å²) in [5, 5.41) is 39.2. The highest BCUT2D eigenvalue weighted by molar-refractivity contribution is 7.21. The van der Waals surface area contributed by atoms with Gasteiger partial charge in [0.05, 0.1) is 28.0 Å². The molecule has 12 heteroatoms. The zero-order chi connectivity index (χ0) is 25.6. The van der Waals surface area contributed by atoms with E-state index in [1.165, 1.54) is 11.3 Å². The highest BCUT2D eigenvalue weighted by Crippen LogP contribution is 2.39. The van der Waals surface area contributed by atoms with Gasteiger partial charge in [-0.05, 0) is 46.2 Å². The second-order valence-corrected chi connectivity index (χ2v) is 10.9. The molecule has 0 amide bonds. The Balaban J connectivity index is 0.00000320. The monoisotopic (exact) mass is 543 g/mol. The third kappa shape index (κ3) is 5.65. The Labute approximate surface area is 224 Å². The second kappa shape index (κ2) is 10.4. The Bertz CT molecular complexity index is 1360. The van der Waals surface area contributed by atoms with Crippen LogP contribution in [0.5, 0.6) is 0 Å². The number of aliphatic hydroxyl groups is 3. The maximum Gasteiger partial charge on any atom is 0.229 e. The van der Waals surface area contributed by atoms with Crippen molar-refractivity contribution in [2.75, 3.05) is 10.6 Å². The van der Waals surface area contributed by atoms with Gasteiger partial charge in [0.1, 0.15) is 22.4 Å². The van der Waals surface area contributed by atoms with Gasteiger partial charge in [-0.3, -0.25) is 4.98 Å². The maximum atomic E-state index is 10.8. The summed E-state index contributed by atoms with van der Waals surface area (Å²) in [4.78, 5) is 21.4. The molecule has 0 aromatic carbocycles. The fraction of sp³-hybridized carbons (Fsp3) is 0.400. The van der Waals surface area contributed by atoms with Gasteiger partial charge in [0.25, 0.3) is 0 Å². The number of hydrogen-bond donors (Lipinski definition) is 5. The summed E-state index contributed by atoms with van der Waals surface area (Å²) in [6.07, 6.45) is 3.61. The summed E-state index contributed by atoms with van der Waals surface area (Å²) in [5.41, 5.74) is 2.93. The predicted octanol–water partition coefficient (Wildman–Crippen LogP) is -0.380. The Hall–Kier alpha value is -2.96. The number of fused-ring (bicyclic) bond motifs is 1. The van der Waals surface area contributed by atoms with E-state index in [1.54, 1.807) is 20.0 Å². The lowest BCUT2D eigenvalue weighted by Gasteiger charge is -2.28. The fourth-order valence-corrected chi connectivity index (χ4v) is 5.69. The zero-order valence-electron chi connectivity index (χ0n) is 20.9. The first-order valence-electron chi connectivity index (χ1n) is 11.8. The average molecular weight is 544 g/mol. The van der Waals surface area contributed by atoms with Crippen molar-refractivity contribution in [1.29, 1.82) is 0 Å². The topological polar surface area (TPSA) is 150 Å². The summed E-state index contributed by atoms with van der Waals surface area (Å²) in [6, 6.07) is 5.25. The standard InChI is InChI=1S/C25H29N7O3S.ClH/c1-12-7-14(8-13(2)28-12)29-24-27-10-15(23-31-18-11-26-6-5-19(18)36-23)22(32-24)30-17-9-16(25(3,4)35)20(33)21(17)34;/h5-8,10-11,16-17,20-21,33-35H,9H2,1-4H3,(H2,27,28,29,30,32);1H/t16-,17+,20+,21-;/m0./s1. The summed E-state index contributed by atoms with van der Waals surface area (Å²) < 4.78 is 1.01. The minimum atomic E-state index is -1.14. The van der Waals surface area contributed by atoms with Gasteiger partial charge in [-0.25, -0.2) is 15.0 Å². The molecule has 1 aliphatic carbocycles. The van der Waals surface area contributed by atoms with Crippen LogP contribution in [0.4, 0.5) is 17.5 Å². The van der Waals surface area contributed by atoms with Crippen molar-refractivity contribution in [2.24, 2.45) is 5.92 Å². The van der Waals surface area contributed by atoms with Crippen LogP contribution in [-0.2, 0) is 0 Å². The van der Waals surface area contributed by atoms with E-state index in [0.29, 0.717) is 23.8 Å². The lowest BCUT2D eigenvalue weighted by molar-refractivity contribution is -0.376. The molecule has 4 aromatic rings. The van der Waals surface area contributed by atoms with Gasteiger partial charge in [0.15, 0.2) is 12.4 Å². The van der Waals surface area contributed by atoms with Gasteiger partial charge in [-0.15, -0.1) is 11.3 Å². The molecule has 0 saturated heterocycles. The van der Waals surface area contributed by atoms with Crippen LogP contribution in [0.2, 0.25) is 0 Å². The number of aliphatic hydroxyl groups excluding tert-OH is 2. The molecule has 0 radical (unpaired) electrons. The second-order valence-electron chi connectivity index (χ2n) is 9.86. The molecule has 0 spiro atoms. The molecule has 10 nitrogen and oxygen atoms in total. The zero-order valence-corrected chi connectivity index (χ0v) is 22.5. The predicted molar refractivity (Wildman–Crippen MR) is 138 cm³/mol. The van der Waals surface area contributed by atoms with Crippen LogP contribution in [0.3, 0.4) is 0 Å². The molecule has 37 heavy (non-hydrogen) atoms. The van der Waals surface area contributed by atoms with Crippen molar-refractivity contribution in [2.45, 2.75) is 58.0 Å². The number of rotatable bonds is 6. The number of nitrogens with zero attached hydrogens (tertiary/aromatic N) is 4. The molecular formula is C25H30ClN7O3S. The highest BCUT2D eigenvalue weighted by atomic mass is 35.5. The maximum absolute atomic E-state index is 10.8. The molecule has 6 N–H and O–H groups in total. The largest absolute Gasteiger partial charge is 1.00 e. The first-order chi connectivity index (χ1) is 17.1. The number of anilines is 3. The Morgan fingerprint density at radius 1 is 1.08 bits per heavy atom. The van der Waals surface area contributed by atoms with E-state index in [4.69, 9.17) is 9.97 Å². The Morgan fingerprint density at radius 2 is 1.81 bits per heavy atom. The van der Waals surface area contributed by atoms with Crippen molar-refractivity contribution in [3.8, 4) is 10.6 Å². The van der Waals surface area contributed by atoms with Gasteiger partial charge in [0.2, 0.25) is 5.95 Å². The van der Waals surface area contributed by atoms with Crippen molar-refractivity contribution in [1.82, 2.24) is 19.9 Å². The number of thiazole rings is 1. The first kappa shape index (κ1) is 27.1. The lowest BCUT2D eigenvalue weighted by atomic mass is 9.88. The number of hydrogen-bond acceptors (Lipinski definition) is 10. The summed E-state index contributed by atoms with van der Waals surface area (Å²) in [6.45, 7) is 7.13. The molecule has 5 rings (SSSR count). The van der Waals surface area contributed by atoms with Crippen LogP contribution < -0.4 is 28.0 Å². The number of pyridine rings is 2. The average Bonchev–Trinajstić information content (AvgIpc) is 3.35. The van der Waals surface area contributed by atoms with Crippen molar-refractivity contribution in [3.05, 3.63) is 48.2 Å². The van der Waals surface area contributed by atoms with Crippen molar-refractivity contribution >= 4 is 39.0 Å². The third-order valence-corrected chi connectivity index (χ3v) is 7.57. The highest BCUT2D eigenvalue weighted by Gasteiger charge is 2.47. The number of H-pyrrole nitrogens is 1. The van der Waals surface area contributed by atoms with E-state index in [9.17, 15) is 15.3 Å². The number of aryl methyl sites for hydroxylation is 2. The van der Waals surface area contributed by atoms with Gasteiger partial charge < -0.3 is 38.4 Å². The Kier molecular flexibility index (Phi) is 7.63. The van der Waals surface area contributed by atoms with E-state index < -0.39 is 29.8 Å². The number of aromatic amines is 1. The summed E-state index contributed by atoms with van der Waals surface area (Å²) >= 11 is 1.51. The van der Waals surface area contributed by atoms with E-state index in [2.05, 4.69) is 25.6 Å². The molecule has 1 fully saturated rings. The van der Waals surface area contributed by atoms with Crippen LogP contribution >= 0.6 is 11.3 Å². The van der Waals surface area contributed by atoms with Gasteiger partial charge in [-0.2, -0.15) is 4.98 Å². The van der Waals surface area contributed by atoms with Crippen LogP contribution in [0.25, 0.3) is 20.8 Å². The molecule has 4 aromatic heterocycles. The number of nitrogens with one attached hydrogen (secondary N) is 3. The SMILES string of the molecule is Cc1cc(Nc2ncc(-c3nc4c[nH+]ccc4s3)c(N[C@@H]3C[C@H](C(C)(C)O)[C@@H](O)[C@H]3O)n2)cc(C)n1.[Cl-]. The molecule has 4 atom stereocenters. The lowest BCUT2D eigenvalue weighted by Crippen LogP contribution is -3.00.